The second-order valence-corrected chi connectivity index (χ2v) is 17.1. The lowest BCUT2D eigenvalue weighted by molar-refractivity contribution is -0.143. The molecule has 0 aliphatic rings. The first kappa shape index (κ1) is 41.4. The van der Waals surface area contributed by atoms with Crippen molar-refractivity contribution < 1.29 is 29.3 Å². The Morgan fingerprint density at radius 3 is 1.33 bits per heavy atom. The van der Waals surface area contributed by atoms with Crippen LogP contribution in [-0.4, -0.2) is 46.9 Å². The summed E-state index contributed by atoms with van der Waals surface area (Å²) in [6, 6.07) is 7.91. The van der Waals surface area contributed by atoms with Crippen molar-refractivity contribution in [3.63, 3.8) is 0 Å². The van der Waals surface area contributed by atoms with Crippen LogP contribution in [0.2, 0.25) is 0 Å². The standard InChI is InChI=1S/C35H52O6S.C4H10/c1-23-19-24(20-26(31(23)38)33(2,3)4)11-13-29(36)40-15-17-42-18-16-41-30(37)14-12-25-21-27(34(5,6)7)32(39)28(22-25)35(8,9)10;1-4(2)3/h19-22,38-39H,11-18H2,1-10H3;4H,1-3H3. The van der Waals surface area contributed by atoms with E-state index >= 15 is 0 Å². The molecular formula is C39H62O6S. The fraction of sp³-hybridized carbons (Fsp3) is 0.641. The van der Waals surface area contributed by atoms with Gasteiger partial charge in [0, 0.05) is 24.3 Å². The van der Waals surface area contributed by atoms with Crippen LogP contribution in [0.15, 0.2) is 24.3 Å². The number of phenolic OH excluding ortho intramolecular Hbond substituents is 2. The van der Waals surface area contributed by atoms with Crippen LogP contribution in [0.25, 0.3) is 0 Å². The largest absolute Gasteiger partial charge is 0.507 e. The number of aromatic hydroxyl groups is 2. The molecule has 0 aliphatic heterocycles. The fourth-order valence-corrected chi connectivity index (χ4v) is 5.33. The van der Waals surface area contributed by atoms with Gasteiger partial charge in [-0.05, 0) is 75.3 Å². The number of ether oxygens (including phenoxy) is 2. The zero-order chi connectivity index (χ0) is 35.5. The van der Waals surface area contributed by atoms with Crippen LogP contribution >= 0.6 is 11.8 Å². The zero-order valence-electron chi connectivity index (χ0n) is 31.0. The maximum Gasteiger partial charge on any atom is 0.306 e. The molecule has 0 unspecified atom stereocenters. The van der Waals surface area contributed by atoms with Gasteiger partial charge in [0.2, 0.25) is 0 Å². The van der Waals surface area contributed by atoms with Crippen molar-refractivity contribution in [3.05, 3.63) is 57.6 Å². The lowest BCUT2D eigenvalue weighted by atomic mass is 9.78. The number of hydrogen-bond donors (Lipinski definition) is 2. The molecule has 7 heteroatoms. The highest BCUT2D eigenvalue weighted by molar-refractivity contribution is 7.99. The molecule has 2 N–H and O–H groups in total. The normalized spacial score (nSPS) is 12.0. The molecule has 0 radical (unpaired) electrons. The van der Waals surface area contributed by atoms with Crippen molar-refractivity contribution >= 4 is 23.7 Å². The molecule has 0 aromatic heterocycles. The summed E-state index contributed by atoms with van der Waals surface area (Å²) in [6.07, 6.45) is 1.67. The van der Waals surface area contributed by atoms with Crippen LogP contribution in [0.5, 0.6) is 11.5 Å². The Bertz CT molecular complexity index is 1240. The lowest BCUT2D eigenvalue weighted by Crippen LogP contribution is -2.18. The van der Waals surface area contributed by atoms with E-state index in [4.69, 9.17) is 9.47 Å². The first-order valence-corrected chi connectivity index (χ1v) is 17.8. The molecule has 46 heavy (non-hydrogen) atoms. The maximum atomic E-state index is 12.4. The molecule has 0 amide bonds. The fourth-order valence-electron chi connectivity index (χ4n) is 4.72. The minimum absolute atomic E-state index is 0.185. The van der Waals surface area contributed by atoms with Crippen molar-refractivity contribution in [2.24, 2.45) is 5.92 Å². The van der Waals surface area contributed by atoms with Crippen molar-refractivity contribution in [1.82, 2.24) is 0 Å². The van der Waals surface area contributed by atoms with Crippen LogP contribution < -0.4 is 0 Å². The van der Waals surface area contributed by atoms with Gasteiger partial charge in [-0.25, -0.2) is 0 Å². The van der Waals surface area contributed by atoms with Crippen molar-refractivity contribution in [3.8, 4) is 11.5 Å². The molecule has 0 atom stereocenters. The highest BCUT2D eigenvalue weighted by atomic mass is 32.2. The minimum atomic E-state index is -0.247. The molecule has 0 spiro atoms. The van der Waals surface area contributed by atoms with Gasteiger partial charge in [0.05, 0.1) is 0 Å². The van der Waals surface area contributed by atoms with E-state index in [0.717, 1.165) is 39.3 Å². The van der Waals surface area contributed by atoms with Crippen LogP contribution in [-0.2, 0) is 48.1 Å². The van der Waals surface area contributed by atoms with E-state index in [2.05, 4.69) is 83.1 Å². The average molecular weight is 659 g/mol. The van der Waals surface area contributed by atoms with Crippen molar-refractivity contribution in [2.75, 3.05) is 24.7 Å². The SMILES string of the molecule is CC(C)C.Cc1cc(CCC(=O)OCCSCCOC(=O)CCc2cc(C(C)(C)C)c(O)c(C(C)(C)C)c2)cc(C(C)(C)C)c1O. The Labute approximate surface area is 284 Å². The quantitative estimate of drug-likeness (QED) is 0.173. The van der Waals surface area contributed by atoms with Gasteiger partial charge < -0.3 is 19.7 Å². The zero-order valence-corrected chi connectivity index (χ0v) is 31.8. The van der Waals surface area contributed by atoms with E-state index in [1.165, 1.54) is 0 Å². The van der Waals surface area contributed by atoms with Gasteiger partial charge in [-0.15, -0.1) is 0 Å². The van der Waals surface area contributed by atoms with Crippen LogP contribution in [0, 0.1) is 12.8 Å². The van der Waals surface area contributed by atoms with Gasteiger partial charge in [0.25, 0.3) is 0 Å². The second-order valence-electron chi connectivity index (χ2n) is 15.9. The molecular weight excluding hydrogens is 596 g/mol. The third-order valence-electron chi connectivity index (χ3n) is 7.17. The molecule has 6 nitrogen and oxygen atoms in total. The van der Waals surface area contributed by atoms with Gasteiger partial charge >= 0.3 is 11.9 Å². The topological polar surface area (TPSA) is 93.1 Å². The monoisotopic (exact) mass is 658 g/mol. The third kappa shape index (κ3) is 14.8. The summed E-state index contributed by atoms with van der Waals surface area (Å²) in [6.45, 7) is 27.6. The van der Waals surface area contributed by atoms with Gasteiger partial charge in [0.1, 0.15) is 24.7 Å². The first-order chi connectivity index (χ1) is 21.0. The minimum Gasteiger partial charge on any atom is -0.507 e. The molecule has 0 heterocycles. The van der Waals surface area contributed by atoms with E-state index in [-0.39, 0.29) is 41.0 Å². The predicted octanol–water partition coefficient (Wildman–Crippen LogP) is 9.35. The number of benzene rings is 2. The Morgan fingerprint density at radius 2 is 0.978 bits per heavy atom. The number of carbonyl (C=O) groups excluding carboxylic acids is 2. The number of carbonyl (C=O) groups is 2. The number of rotatable bonds is 12. The van der Waals surface area contributed by atoms with Gasteiger partial charge in [-0.1, -0.05) is 107 Å². The number of aryl methyl sites for hydroxylation is 3. The van der Waals surface area contributed by atoms with E-state index in [1.807, 2.05) is 31.2 Å². The lowest BCUT2D eigenvalue weighted by Gasteiger charge is -2.28. The Morgan fingerprint density at radius 1 is 0.652 bits per heavy atom. The summed E-state index contributed by atoms with van der Waals surface area (Å²) >= 11 is 1.58. The number of thioether (sulfide) groups is 1. The molecule has 0 saturated carbocycles. The molecule has 260 valence electrons. The molecule has 0 bridgehead atoms. The summed E-state index contributed by atoms with van der Waals surface area (Å²) in [7, 11) is 0. The summed E-state index contributed by atoms with van der Waals surface area (Å²) in [5.74, 6) is 2.26. The Hall–Kier alpha value is -2.67. The van der Waals surface area contributed by atoms with Crippen molar-refractivity contribution in [2.45, 2.75) is 132 Å². The highest BCUT2D eigenvalue weighted by Gasteiger charge is 2.26. The molecule has 0 fully saturated rings. The number of hydrogen-bond acceptors (Lipinski definition) is 7. The molecule has 0 saturated heterocycles. The van der Waals surface area contributed by atoms with Gasteiger partial charge in [-0.3, -0.25) is 9.59 Å². The number of esters is 2. The molecule has 0 aliphatic carbocycles. The summed E-state index contributed by atoms with van der Waals surface area (Å²) in [5, 5.41) is 21.3. The summed E-state index contributed by atoms with van der Waals surface area (Å²) in [4.78, 5) is 24.6. The van der Waals surface area contributed by atoms with E-state index in [9.17, 15) is 19.8 Å². The van der Waals surface area contributed by atoms with Crippen LogP contribution in [0.3, 0.4) is 0 Å². The highest BCUT2D eigenvalue weighted by Crippen LogP contribution is 2.40. The van der Waals surface area contributed by atoms with Gasteiger partial charge in [0.15, 0.2) is 0 Å². The van der Waals surface area contributed by atoms with Crippen molar-refractivity contribution in [1.29, 1.82) is 0 Å². The average Bonchev–Trinajstić information content (AvgIpc) is 2.90. The van der Waals surface area contributed by atoms with Gasteiger partial charge in [-0.2, -0.15) is 11.8 Å². The number of phenols is 2. The van der Waals surface area contributed by atoms with Crippen LogP contribution in [0.1, 0.15) is 129 Å². The maximum absolute atomic E-state index is 12.4. The Kier molecular flexibility index (Phi) is 16.2. The van der Waals surface area contributed by atoms with Crippen LogP contribution in [0.4, 0.5) is 0 Å². The molecule has 2 aromatic rings. The first-order valence-electron chi connectivity index (χ1n) is 16.6. The third-order valence-corrected chi connectivity index (χ3v) is 8.08. The van der Waals surface area contributed by atoms with E-state index < -0.39 is 0 Å². The Balaban J connectivity index is 0.00000249. The smallest absolute Gasteiger partial charge is 0.306 e. The molecule has 2 aromatic carbocycles. The molecule has 2 rings (SSSR count). The van der Waals surface area contributed by atoms with E-state index in [0.29, 0.717) is 49.1 Å². The van der Waals surface area contributed by atoms with E-state index in [1.54, 1.807) is 11.8 Å². The summed E-state index contributed by atoms with van der Waals surface area (Å²) < 4.78 is 10.8. The summed E-state index contributed by atoms with van der Waals surface area (Å²) in [5.41, 5.74) is 4.89. The second kappa shape index (κ2) is 18.0. The predicted molar refractivity (Wildman–Crippen MR) is 193 cm³/mol.